The van der Waals surface area contributed by atoms with Gasteiger partial charge in [0.25, 0.3) is 0 Å². The van der Waals surface area contributed by atoms with Crippen molar-refractivity contribution in [2.75, 3.05) is 12.3 Å². The Morgan fingerprint density at radius 1 is 1.44 bits per heavy atom. The molecule has 102 valence electrons. The highest BCUT2D eigenvalue weighted by Gasteiger charge is 2.23. The monoisotopic (exact) mass is 272 g/mol. The Morgan fingerprint density at radius 3 is 2.61 bits per heavy atom. The van der Waals surface area contributed by atoms with Crippen LogP contribution in [0.1, 0.15) is 25.8 Å². The highest BCUT2D eigenvalue weighted by Crippen LogP contribution is 2.20. The van der Waals surface area contributed by atoms with E-state index in [1.54, 1.807) is 32.9 Å². The second-order valence-corrected chi connectivity index (χ2v) is 6.38. The van der Waals surface area contributed by atoms with Gasteiger partial charge >= 0.3 is 0 Å². The van der Waals surface area contributed by atoms with E-state index in [4.69, 9.17) is 5.73 Å². The van der Waals surface area contributed by atoms with Crippen LogP contribution in [0, 0.1) is 6.92 Å². The molecule has 0 aromatic heterocycles. The summed E-state index contributed by atoms with van der Waals surface area (Å²) in [5.41, 5.74) is 5.58. The van der Waals surface area contributed by atoms with E-state index in [0.717, 1.165) is 0 Å². The second-order valence-electron chi connectivity index (χ2n) is 4.65. The van der Waals surface area contributed by atoms with Gasteiger partial charge < -0.3 is 10.8 Å². The lowest BCUT2D eigenvalue weighted by atomic mass is 10.1. The first-order valence-electron chi connectivity index (χ1n) is 5.77. The number of sulfonamides is 1. The Bertz CT molecular complexity index is 524. The summed E-state index contributed by atoms with van der Waals surface area (Å²) in [6, 6.07) is 4.74. The number of hydrogen-bond acceptors (Lipinski definition) is 4. The van der Waals surface area contributed by atoms with Gasteiger partial charge in [-0.1, -0.05) is 13.0 Å². The third-order valence-electron chi connectivity index (χ3n) is 3.02. The molecule has 1 atom stereocenters. The van der Waals surface area contributed by atoms with Crippen molar-refractivity contribution < 1.29 is 13.5 Å². The summed E-state index contributed by atoms with van der Waals surface area (Å²) in [6.45, 7) is 5.00. The van der Waals surface area contributed by atoms with Crippen LogP contribution in [0.4, 0.5) is 5.69 Å². The molecule has 0 heterocycles. The first-order chi connectivity index (χ1) is 8.19. The van der Waals surface area contributed by atoms with Crippen molar-refractivity contribution in [1.29, 1.82) is 0 Å². The molecule has 4 N–H and O–H groups in total. The molecule has 5 nitrogen and oxygen atoms in total. The number of rotatable bonds is 5. The van der Waals surface area contributed by atoms with Crippen LogP contribution in [-0.4, -0.2) is 25.7 Å². The smallest absolute Gasteiger partial charge is 0.241 e. The molecule has 6 heteroatoms. The maximum absolute atomic E-state index is 12.1. The molecule has 1 rings (SSSR count). The molecule has 1 aromatic carbocycles. The zero-order valence-corrected chi connectivity index (χ0v) is 11.7. The van der Waals surface area contributed by atoms with Crippen LogP contribution in [-0.2, 0) is 10.0 Å². The topological polar surface area (TPSA) is 92.4 Å². The van der Waals surface area contributed by atoms with E-state index >= 15 is 0 Å². The zero-order valence-electron chi connectivity index (χ0n) is 10.9. The van der Waals surface area contributed by atoms with Gasteiger partial charge in [0.05, 0.1) is 10.5 Å². The summed E-state index contributed by atoms with van der Waals surface area (Å²) in [5.74, 6) is 0. The Hall–Kier alpha value is -1.11. The average Bonchev–Trinajstić information content (AvgIpc) is 2.30. The third kappa shape index (κ3) is 3.44. The quantitative estimate of drug-likeness (QED) is 0.698. The molecular formula is C12H20N2O3S. The Kier molecular flexibility index (Phi) is 4.37. The van der Waals surface area contributed by atoms with Crippen molar-refractivity contribution in [3.63, 3.8) is 0 Å². The van der Waals surface area contributed by atoms with Gasteiger partial charge in [0.2, 0.25) is 10.0 Å². The van der Waals surface area contributed by atoms with Crippen molar-refractivity contribution in [2.45, 2.75) is 37.7 Å². The fourth-order valence-corrected chi connectivity index (χ4v) is 2.81. The van der Waals surface area contributed by atoms with Gasteiger partial charge in [-0.15, -0.1) is 0 Å². The normalized spacial score (nSPS) is 15.3. The van der Waals surface area contributed by atoms with E-state index < -0.39 is 15.6 Å². The summed E-state index contributed by atoms with van der Waals surface area (Å²) >= 11 is 0. The highest BCUT2D eigenvalue weighted by atomic mass is 32.2. The van der Waals surface area contributed by atoms with Gasteiger partial charge in [-0.05, 0) is 38.0 Å². The molecule has 0 fully saturated rings. The van der Waals surface area contributed by atoms with E-state index in [9.17, 15) is 13.5 Å². The van der Waals surface area contributed by atoms with Crippen molar-refractivity contribution in [3.05, 3.63) is 23.8 Å². The first-order valence-corrected chi connectivity index (χ1v) is 7.25. The van der Waals surface area contributed by atoms with Crippen molar-refractivity contribution >= 4 is 15.7 Å². The lowest BCUT2D eigenvalue weighted by molar-refractivity contribution is 0.0613. The maximum Gasteiger partial charge on any atom is 0.241 e. The number of nitrogens with one attached hydrogen (secondary N) is 1. The number of aliphatic hydroxyl groups is 1. The molecule has 1 aromatic rings. The van der Waals surface area contributed by atoms with Crippen LogP contribution in [0.2, 0.25) is 0 Å². The van der Waals surface area contributed by atoms with Gasteiger partial charge in [0.15, 0.2) is 0 Å². The van der Waals surface area contributed by atoms with Gasteiger partial charge in [0, 0.05) is 12.2 Å². The Morgan fingerprint density at radius 2 is 2.06 bits per heavy atom. The van der Waals surface area contributed by atoms with Crippen LogP contribution in [0.25, 0.3) is 0 Å². The minimum atomic E-state index is -3.65. The van der Waals surface area contributed by atoms with Crippen LogP contribution < -0.4 is 10.5 Å². The van der Waals surface area contributed by atoms with E-state index in [1.165, 1.54) is 6.07 Å². The van der Waals surface area contributed by atoms with Crippen molar-refractivity contribution in [1.82, 2.24) is 4.72 Å². The largest absolute Gasteiger partial charge is 0.398 e. The molecule has 0 spiro atoms. The average molecular weight is 272 g/mol. The molecule has 0 saturated heterocycles. The lowest BCUT2D eigenvalue weighted by Crippen LogP contribution is -2.40. The fraction of sp³-hybridized carbons (Fsp3) is 0.500. The summed E-state index contributed by atoms with van der Waals surface area (Å²) in [5, 5.41) is 9.81. The number of nitrogen functional groups attached to an aromatic ring is 1. The highest BCUT2D eigenvalue weighted by molar-refractivity contribution is 7.89. The summed E-state index contributed by atoms with van der Waals surface area (Å²) in [4.78, 5) is 0.148. The standard InChI is InChI=1S/C12H20N2O3S/c1-4-12(3,15)8-14-18(16,17)11-7-5-6-10(13)9(11)2/h5-7,14-15H,4,8,13H2,1-3H3. The molecular weight excluding hydrogens is 252 g/mol. The fourth-order valence-electron chi connectivity index (χ4n) is 1.38. The summed E-state index contributed by atoms with van der Waals surface area (Å²) in [7, 11) is -3.65. The molecule has 1 unspecified atom stereocenters. The maximum atomic E-state index is 12.1. The van der Waals surface area contributed by atoms with Crippen LogP contribution in [0.15, 0.2) is 23.1 Å². The predicted octanol–water partition coefficient (Wildman–Crippen LogP) is 1.02. The Labute approximate surface area is 108 Å². The van der Waals surface area contributed by atoms with Gasteiger partial charge in [-0.3, -0.25) is 0 Å². The number of benzene rings is 1. The summed E-state index contributed by atoms with van der Waals surface area (Å²) < 4.78 is 26.6. The van der Waals surface area contributed by atoms with E-state index in [0.29, 0.717) is 17.7 Å². The van der Waals surface area contributed by atoms with Crippen LogP contribution in [0.5, 0.6) is 0 Å². The zero-order chi connectivity index (χ0) is 14.0. The molecule has 0 aliphatic rings. The van der Waals surface area contributed by atoms with Gasteiger partial charge in [0.1, 0.15) is 0 Å². The SMILES string of the molecule is CCC(C)(O)CNS(=O)(=O)c1cccc(N)c1C. The van der Waals surface area contributed by atoms with Crippen molar-refractivity contribution in [3.8, 4) is 0 Å². The van der Waals surface area contributed by atoms with Crippen LogP contribution in [0.3, 0.4) is 0 Å². The van der Waals surface area contributed by atoms with Crippen LogP contribution >= 0.6 is 0 Å². The lowest BCUT2D eigenvalue weighted by Gasteiger charge is -2.22. The minimum Gasteiger partial charge on any atom is -0.398 e. The van der Waals surface area contributed by atoms with E-state index in [1.807, 2.05) is 0 Å². The molecule has 0 aliphatic carbocycles. The Balaban J connectivity index is 2.98. The molecule has 0 radical (unpaired) electrons. The third-order valence-corrected chi connectivity index (χ3v) is 4.57. The molecule has 0 amide bonds. The minimum absolute atomic E-state index is 0.0277. The van der Waals surface area contributed by atoms with Gasteiger partial charge in [-0.25, -0.2) is 13.1 Å². The van der Waals surface area contributed by atoms with Crippen molar-refractivity contribution in [2.24, 2.45) is 0 Å². The molecule has 0 bridgehead atoms. The number of nitrogens with two attached hydrogens (primary N) is 1. The second kappa shape index (κ2) is 5.26. The number of anilines is 1. The predicted molar refractivity (Wildman–Crippen MR) is 71.7 cm³/mol. The molecule has 18 heavy (non-hydrogen) atoms. The molecule has 0 saturated carbocycles. The first kappa shape index (κ1) is 14.9. The van der Waals surface area contributed by atoms with E-state index in [2.05, 4.69) is 4.72 Å². The van der Waals surface area contributed by atoms with E-state index in [-0.39, 0.29) is 11.4 Å². The van der Waals surface area contributed by atoms with Gasteiger partial charge in [-0.2, -0.15) is 0 Å². The molecule has 0 aliphatic heterocycles. The number of hydrogen-bond donors (Lipinski definition) is 3. The summed E-state index contributed by atoms with van der Waals surface area (Å²) in [6.07, 6.45) is 0.464.